The molecule has 1 heterocycles. The summed E-state index contributed by atoms with van der Waals surface area (Å²) in [5, 5.41) is 2.81. The van der Waals surface area contributed by atoms with E-state index in [2.05, 4.69) is 5.32 Å². The summed E-state index contributed by atoms with van der Waals surface area (Å²) in [6.07, 6.45) is 4.26. The van der Waals surface area contributed by atoms with E-state index in [-0.39, 0.29) is 23.1 Å². The van der Waals surface area contributed by atoms with E-state index < -0.39 is 0 Å². The van der Waals surface area contributed by atoms with Crippen LogP contribution < -0.4 is 11.1 Å². The molecule has 4 heteroatoms. The number of nitrogens with one attached hydrogen (secondary N) is 1. The zero-order chi connectivity index (χ0) is 10.2. The molecule has 78 valence electrons. The van der Waals surface area contributed by atoms with Gasteiger partial charge in [0.05, 0.1) is 5.41 Å². The summed E-state index contributed by atoms with van der Waals surface area (Å²) in [6.45, 7) is 0.627. The Morgan fingerprint density at radius 3 is 2.57 bits per heavy atom. The first-order valence-corrected chi connectivity index (χ1v) is 5.22. The average Bonchev–Trinajstić information content (AvgIpc) is 2.05. The van der Waals surface area contributed by atoms with Crippen LogP contribution in [0.5, 0.6) is 0 Å². The second kappa shape index (κ2) is 3.26. The fourth-order valence-corrected chi connectivity index (χ4v) is 2.62. The van der Waals surface area contributed by atoms with Gasteiger partial charge in [-0.3, -0.25) is 9.59 Å². The molecule has 1 atom stereocenters. The molecule has 4 nitrogen and oxygen atoms in total. The summed E-state index contributed by atoms with van der Waals surface area (Å²) >= 11 is 0. The summed E-state index contributed by atoms with van der Waals surface area (Å²) in [5.41, 5.74) is 5.15. The number of hydrogen-bond acceptors (Lipinski definition) is 2. The second-order valence-electron chi connectivity index (χ2n) is 4.41. The maximum Gasteiger partial charge on any atom is 0.223 e. The fraction of sp³-hybridized carbons (Fsp3) is 0.800. The number of nitrogens with two attached hydrogens (primary N) is 1. The predicted molar refractivity (Wildman–Crippen MR) is 51.2 cm³/mol. The highest BCUT2D eigenvalue weighted by molar-refractivity contribution is 5.83. The molecule has 3 N–H and O–H groups in total. The number of carbonyl (C=O) groups excluding carboxylic acids is 2. The molecule has 0 spiro atoms. The van der Waals surface area contributed by atoms with Crippen molar-refractivity contribution in [3.05, 3.63) is 0 Å². The highest BCUT2D eigenvalue weighted by Crippen LogP contribution is 2.48. The molecule has 0 aromatic rings. The van der Waals surface area contributed by atoms with E-state index >= 15 is 0 Å². The fourth-order valence-electron chi connectivity index (χ4n) is 2.62. The van der Waals surface area contributed by atoms with Crippen LogP contribution in [-0.2, 0) is 9.59 Å². The van der Waals surface area contributed by atoms with Crippen LogP contribution in [0.4, 0.5) is 0 Å². The Labute approximate surface area is 83.2 Å². The molecular weight excluding hydrogens is 180 g/mol. The Morgan fingerprint density at radius 1 is 1.50 bits per heavy atom. The van der Waals surface area contributed by atoms with Crippen molar-refractivity contribution in [2.24, 2.45) is 17.1 Å². The Hall–Kier alpha value is -1.06. The predicted octanol–water partition coefficient (Wildman–Crippen LogP) is 0.168. The van der Waals surface area contributed by atoms with Crippen LogP contribution >= 0.6 is 0 Å². The van der Waals surface area contributed by atoms with Gasteiger partial charge >= 0.3 is 0 Å². The van der Waals surface area contributed by atoms with Crippen molar-refractivity contribution in [2.75, 3.05) is 6.54 Å². The molecule has 2 fully saturated rings. The van der Waals surface area contributed by atoms with Crippen LogP contribution in [0.3, 0.4) is 0 Å². The normalized spacial score (nSPS) is 30.3. The molecule has 1 aliphatic carbocycles. The Kier molecular flexibility index (Phi) is 2.21. The summed E-state index contributed by atoms with van der Waals surface area (Å²) < 4.78 is 0. The third kappa shape index (κ3) is 1.29. The summed E-state index contributed by atoms with van der Waals surface area (Å²) in [5.74, 6) is 0.191. The number of rotatable bonds is 2. The number of amides is 2. The lowest BCUT2D eigenvalue weighted by molar-refractivity contribution is -0.140. The Bertz CT molecular complexity index is 261. The van der Waals surface area contributed by atoms with E-state index in [1.165, 1.54) is 0 Å². The number of hydrogen-bond donors (Lipinski definition) is 2. The standard InChI is InChI=1S/C10H16N2O2/c11-9(14)10(4-1-5-10)7-2-3-8(13)12-6-7/h7H,1-6H2,(H2,11,14)(H,12,13). The van der Waals surface area contributed by atoms with Crippen LogP contribution in [0, 0.1) is 11.3 Å². The van der Waals surface area contributed by atoms with Crippen molar-refractivity contribution < 1.29 is 9.59 Å². The maximum absolute atomic E-state index is 11.4. The van der Waals surface area contributed by atoms with Gasteiger partial charge in [0.2, 0.25) is 11.8 Å². The molecule has 2 amide bonds. The summed E-state index contributed by atoms with van der Waals surface area (Å²) in [7, 11) is 0. The smallest absolute Gasteiger partial charge is 0.223 e. The molecule has 1 aliphatic heterocycles. The van der Waals surface area contributed by atoms with Gasteiger partial charge in [0, 0.05) is 13.0 Å². The minimum atomic E-state index is -0.298. The Balaban J connectivity index is 2.06. The average molecular weight is 196 g/mol. The van der Waals surface area contributed by atoms with Crippen LogP contribution in [0.25, 0.3) is 0 Å². The number of primary amides is 1. The van der Waals surface area contributed by atoms with Gasteiger partial charge in [0.15, 0.2) is 0 Å². The molecule has 2 rings (SSSR count). The zero-order valence-corrected chi connectivity index (χ0v) is 8.21. The molecule has 0 radical (unpaired) electrons. The van der Waals surface area contributed by atoms with E-state index in [0.717, 1.165) is 25.7 Å². The van der Waals surface area contributed by atoms with Gasteiger partial charge in [-0.1, -0.05) is 6.42 Å². The lowest BCUT2D eigenvalue weighted by Gasteiger charge is -2.46. The molecule has 1 saturated heterocycles. The third-order valence-corrected chi connectivity index (χ3v) is 3.78. The monoisotopic (exact) mass is 196 g/mol. The van der Waals surface area contributed by atoms with E-state index in [4.69, 9.17) is 5.73 Å². The van der Waals surface area contributed by atoms with Gasteiger partial charge in [-0.2, -0.15) is 0 Å². The molecule has 0 aromatic heterocycles. The van der Waals surface area contributed by atoms with Gasteiger partial charge in [0.1, 0.15) is 0 Å². The first kappa shape index (κ1) is 9.49. The van der Waals surface area contributed by atoms with Crippen LogP contribution in [-0.4, -0.2) is 18.4 Å². The van der Waals surface area contributed by atoms with Crippen molar-refractivity contribution in [3.8, 4) is 0 Å². The third-order valence-electron chi connectivity index (χ3n) is 3.78. The molecule has 1 saturated carbocycles. The van der Waals surface area contributed by atoms with E-state index in [1.807, 2.05) is 0 Å². The minimum Gasteiger partial charge on any atom is -0.369 e. The second-order valence-corrected chi connectivity index (χ2v) is 4.41. The minimum absolute atomic E-state index is 0.0974. The van der Waals surface area contributed by atoms with E-state index in [9.17, 15) is 9.59 Å². The summed E-state index contributed by atoms with van der Waals surface area (Å²) in [4.78, 5) is 22.4. The van der Waals surface area contributed by atoms with E-state index in [1.54, 1.807) is 0 Å². The quantitative estimate of drug-likeness (QED) is 0.660. The van der Waals surface area contributed by atoms with Crippen LogP contribution in [0.1, 0.15) is 32.1 Å². The van der Waals surface area contributed by atoms with Gasteiger partial charge in [-0.25, -0.2) is 0 Å². The van der Waals surface area contributed by atoms with Crippen molar-refractivity contribution >= 4 is 11.8 Å². The molecule has 2 aliphatic rings. The van der Waals surface area contributed by atoms with Gasteiger partial charge in [0.25, 0.3) is 0 Å². The van der Waals surface area contributed by atoms with E-state index in [0.29, 0.717) is 13.0 Å². The van der Waals surface area contributed by atoms with Crippen molar-refractivity contribution in [1.29, 1.82) is 0 Å². The lowest BCUT2D eigenvalue weighted by atomic mass is 9.59. The number of piperidine rings is 1. The molecule has 0 bridgehead atoms. The topological polar surface area (TPSA) is 72.2 Å². The van der Waals surface area contributed by atoms with Crippen molar-refractivity contribution in [2.45, 2.75) is 32.1 Å². The molecular formula is C10H16N2O2. The van der Waals surface area contributed by atoms with Gasteiger partial charge in [-0.05, 0) is 25.2 Å². The first-order chi connectivity index (χ1) is 6.65. The lowest BCUT2D eigenvalue weighted by Crippen LogP contribution is -2.53. The van der Waals surface area contributed by atoms with Gasteiger partial charge < -0.3 is 11.1 Å². The van der Waals surface area contributed by atoms with Gasteiger partial charge in [-0.15, -0.1) is 0 Å². The molecule has 0 aromatic carbocycles. The first-order valence-electron chi connectivity index (χ1n) is 5.22. The molecule has 1 unspecified atom stereocenters. The summed E-state index contributed by atoms with van der Waals surface area (Å²) in [6, 6.07) is 0. The van der Waals surface area contributed by atoms with Crippen LogP contribution in [0.15, 0.2) is 0 Å². The Morgan fingerprint density at radius 2 is 2.21 bits per heavy atom. The number of carbonyl (C=O) groups is 2. The maximum atomic E-state index is 11.4. The zero-order valence-electron chi connectivity index (χ0n) is 8.21. The van der Waals surface area contributed by atoms with Crippen LogP contribution in [0.2, 0.25) is 0 Å². The molecule has 14 heavy (non-hydrogen) atoms. The highest BCUT2D eigenvalue weighted by atomic mass is 16.2. The largest absolute Gasteiger partial charge is 0.369 e. The van der Waals surface area contributed by atoms with Crippen molar-refractivity contribution in [1.82, 2.24) is 5.32 Å². The highest BCUT2D eigenvalue weighted by Gasteiger charge is 2.49. The SMILES string of the molecule is NC(=O)C1(C2CCC(=O)NC2)CCC1. The van der Waals surface area contributed by atoms with Crippen molar-refractivity contribution in [3.63, 3.8) is 0 Å².